The average molecular weight is 690 g/mol. The molecule has 3 heteroatoms. The van der Waals surface area contributed by atoms with E-state index < -0.39 is 14.5 Å². The third kappa shape index (κ3) is 7.23. The van der Waals surface area contributed by atoms with Crippen LogP contribution in [0.2, 0.25) is 0 Å². The molecule has 0 radical (unpaired) electrons. The van der Waals surface area contributed by atoms with Gasteiger partial charge in [0.1, 0.15) is 46.4 Å². The number of benzene rings is 6. The summed E-state index contributed by atoms with van der Waals surface area (Å²) in [5.41, 5.74) is 0. The molecule has 0 atom stereocenters. The second-order valence-corrected chi connectivity index (χ2v) is 18.7. The molecule has 226 valence electrons. The van der Waals surface area contributed by atoms with Crippen LogP contribution in [0.25, 0.3) is 0 Å². The summed E-state index contributed by atoms with van der Waals surface area (Å²) in [6.07, 6.45) is 7.32. The standard InChI is InChI=1S/C42H42P2.BrH/c1(21-35-43(37-23-9-3-10-24-37,38-25-11-4-12-26-38)39-27-13-5-14-28-39)2-22-36-44(40-29-15-6-16-30-40,41-31-17-7-18-32-41)42-33-19-8-20-34-42;/h3-20,23-34H,1-2,21-22,35-36H2;1H/q+2;. The Morgan fingerprint density at radius 1 is 0.244 bits per heavy atom. The van der Waals surface area contributed by atoms with E-state index >= 15 is 0 Å². The van der Waals surface area contributed by atoms with Crippen LogP contribution >= 0.6 is 31.5 Å². The molecule has 6 aromatic rings. The Labute approximate surface area is 282 Å². The Morgan fingerprint density at radius 3 is 0.600 bits per heavy atom. The molecule has 0 bridgehead atoms. The number of rotatable bonds is 13. The number of unbranched alkanes of at least 4 members (excludes halogenated alkanes) is 3. The van der Waals surface area contributed by atoms with E-state index in [4.69, 9.17) is 0 Å². The molecule has 0 heterocycles. The predicted molar refractivity (Wildman–Crippen MR) is 209 cm³/mol. The maximum atomic E-state index is 2.37. The zero-order chi connectivity index (χ0) is 29.9. The number of hydrogen-bond donors (Lipinski definition) is 0. The minimum Gasteiger partial charge on any atom is -0.114 e. The van der Waals surface area contributed by atoms with Crippen molar-refractivity contribution in [2.24, 2.45) is 0 Å². The molecule has 6 rings (SSSR count). The average Bonchev–Trinajstić information content (AvgIpc) is 3.12. The van der Waals surface area contributed by atoms with Crippen molar-refractivity contribution in [2.45, 2.75) is 25.7 Å². The molecule has 0 amide bonds. The Kier molecular flexibility index (Phi) is 12.0. The van der Waals surface area contributed by atoms with E-state index in [9.17, 15) is 0 Å². The molecular formula is C42H43BrP2+2. The molecule has 6 aromatic carbocycles. The van der Waals surface area contributed by atoms with Crippen LogP contribution in [0.15, 0.2) is 182 Å². The molecule has 0 nitrogen and oxygen atoms in total. The molecule has 0 unspecified atom stereocenters. The first-order valence-corrected chi connectivity index (χ1v) is 19.9. The van der Waals surface area contributed by atoms with E-state index in [0.29, 0.717) is 0 Å². The Bertz CT molecular complexity index is 1350. The van der Waals surface area contributed by atoms with Gasteiger partial charge in [-0.15, -0.1) is 17.0 Å². The third-order valence-electron chi connectivity index (χ3n) is 8.92. The first kappa shape index (κ1) is 33.0. The molecular weight excluding hydrogens is 646 g/mol. The zero-order valence-electron chi connectivity index (χ0n) is 25.9. The second kappa shape index (κ2) is 16.3. The van der Waals surface area contributed by atoms with E-state index in [1.165, 1.54) is 69.8 Å². The quantitative estimate of drug-likeness (QED) is 0.0839. The largest absolute Gasteiger partial charge is 0.114 e. The minimum absolute atomic E-state index is 0. The summed E-state index contributed by atoms with van der Waals surface area (Å²) in [7, 11) is -3.54. The highest BCUT2D eigenvalue weighted by Gasteiger charge is 2.46. The van der Waals surface area contributed by atoms with Gasteiger partial charge in [-0.3, -0.25) is 0 Å². The lowest BCUT2D eigenvalue weighted by atomic mass is 10.2. The van der Waals surface area contributed by atoms with Crippen LogP contribution in [0.5, 0.6) is 0 Å². The Hall–Kier alpha value is -3.34. The zero-order valence-corrected chi connectivity index (χ0v) is 29.4. The van der Waals surface area contributed by atoms with Crippen molar-refractivity contribution in [3.8, 4) is 0 Å². The van der Waals surface area contributed by atoms with E-state index in [-0.39, 0.29) is 17.0 Å². The molecule has 0 aliphatic rings. The molecule has 0 aromatic heterocycles. The fourth-order valence-corrected chi connectivity index (χ4v) is 15.6. The SMILES string of the molecule is Br.c1ccc([P+](CCCCCC[P+](c2ccccc2)(c2ccccc2)c2ccccc2)(c2ccccc2)c2ccccc2)cc1. The first-order chi connectivity index (χ1) is 21.8. The molecule has 45 heavy (non-hydrogen) atoms. The summed E-state index contributed by atoms with van der Waals surface area (Å²) in [4.78, 5) is 0. The van der Waals surface area contributed by atoms with Gasteiger partial charge in [0.15, 0.2) is 0 Å². The van der Waals surface area contributed by atoms with E-state index in [0.717, 1.165) is 0 Å². The van der Waals surface area contributed by atoms with Crippen molar-refractivity contribution in [3.63, 3.8) is 0 Å². The van der Waals surface area contributed by atoms with E-state index in [1.54, 1.807) is 0 Å². The van der Waals surface area contributed by atoms with Gasteiger partial charge in [-0.2, -0.15) is 0 Å². The van der Waals surface area contributed by atoms with Crippen LogP contribution in [-0.4, -0.2) is 12.3 Å². The molecule has 0 fully saturated rings. The van der Waals surface area contributed by atoms with Crippen LogP contribution in [0.3, 0.4) is 0 Å². The Balaban J connectivity index is 0.00000400. The van der Waals surface area contributed by atoms with Gasteiger partial charge in [0.25, 0.3) is 0 Å². The number of hydrogen-bond acceptors (Lipinski definition) is 0. The van der Waals surface area contributed by atoms with Crippen molar-refractivity contribution in [2.75, 3.05) is 12.3 Å². The molecule has 0 N–H and O–H groups in total. The highest BCUT2D eigenvalue weighted by Crippen LogP contribution is 2.57. The fourth-order valence-electron chi connectivity index (χ4n) is 6.82. The van der Waals surface area contributed by atoms with Crippen LogP contribution in [0.4, 0.5) is 0 Å². The highest BCUT2D eigenvalue weighted by molar-refractivity contribution is 8.93. The molecule has 0 aliphatic carbocycles. The van der Waals surface area contributed by atoms with Crippen LogP contribution in [0.1, 0.15) is 25.7 Å². The molecule has 0 aliphatic heterocycles. The second-order valence-electron chi connectivity index (χ2n) is 11.5. The van der Waals surface area contributed by atoms with Gasteiger partial charge < -0.3 is 0 Å². The normalized spacial score (nSPS) is 11.5. The van der Waals surface area contributed by atoms with Crippen LogP contribution in [0, 0.1) is 0 Å². The first-order valence-electron chi connectivity index (χ1n) is 15.9. The van der Waals surface area contributed by atoms with Crippen molar-refractivity contribution in [1.29, 1.82) is 0 Å². The molecule has 0 spiro atoms. The summed E-state index contributed by atoms with van der Waals surface area (Å²) >= 11 is 0. The van der Waals surface area contributed by atoms with Crippen LogP contribution in [-0.2, 0) is 0 Å². The summed E-state index contributed by atoms with van der Waals surface area (Å²) in [5.74, 6) is 0. The maximum Gasteiger partial charge on any atom is 0.112 e. The monoisotopic (exact) mass is 688 g/mol. The van der Waals surface area contributed by atoms with Crippen molar-refractivity contribution in [3.05, 3.63) is 182 Å². The van der Waals surface area contributed by atoms with Gasteiger partial charge in [-0.1, -0.05) is 109 Å². The van der Waals surface area contributed by atoms with Crippen molar-refractivity contribution in [1.82, 2.24) is 0 Å². The van der Waals surface area contributed by atoms with Crippen molar-refractivity contribution < 1.29 is 0 Å². The van der Waals surface area contributed by atoms with Gasteiger partial charge in [-0.25, -0.2) is 0 Å². The summed E-state index contributed by atoms with van der Waals surface area (Å²) in [6, 6.07) is 67.9. The van der Waals surface area contributed by atoms with Gasteiger partial charge >= 0.3 is 0 Å². The third-order valence-corrected chi connectivity index (χ3v) is 18.0. The summed E-state index contributed by atoms with van der Waals surface area (Å²) < 4.78 is 0. The van der Waals surface area contributed by atoms with Crippen molar-refractivity contribution >= 4 is 63.3 Å². The smallest absolute Gasteiger partial charge is 0.112 e. The van der Waals surface area contributed by atoms with E-state index in [1.807, 2.05) is 0 Å². The lowest BCUT2D eigenvalue weighted by molar-refractivity contribution is 0.708. The summed E-state index contributed by atoms with van der Waals surface area (Å²) in [5, 5.41) is 8.91. The highest BCUT2D eigenvalue weighted by atomic mass is 79.9. The number of halogens is 1. The topological polar surface area (TPSA) is 0 Å². The maximum absolute atomic E-state index is 2.37. The fraction of sp³-hybridized carbons (Fsp3) is 0.143. The lowest BCUT2D eigenvalue weighted by Crippen LogP contribution is -2.33. The van der Waals surface area contributed by atoms with Gasteiger partial charge in [0, 0.05) is 0 Å². The minimum atomic E-state index is -1.77. The predicted octanol–water partition coefficient (Wildman–Crippen LogP) is 9.11. The van der Waals surface area contributed by atoms with Gasteiger partial charge in [-0.05, 0) is 98.5 Å². The van der Waals surface area contributed by atoms with Gasteiger partial charge in [0.05, 0.1) is 12.3 Å². The van der Waals surface area contributed by atoms with Crippen LogP contribution < -0.4 is 31.8 Å². The molecule has 0 saturated heterocycles. The summed E-state index contributed by atoms with van der Waals surface area (Å²) in [6.45, 7) is 0. The van der Waals surface area contributed by atoms with E-state index in [2.05, 4.69) is 182 Å². The molecule has 0 saturated carbocycles. The Morgan fingerprint density at radius 2 is 0.422 bits per heavy atom. The lowest BCUT2D eigenvalue weighted by Gasteiger charge is -2.28. The van der Waals surface area contributed by atoms with Gasteiger partial charge in [0.2, 0.25) is 0 Å².